The van der Waals surface area contributed by atoms with Crippen molar-refractivity contribution in [1.82, 2.24) is 10.2 Å². The molecule has 0 aliphatic rings. The molecule has 0 aromatic heterocycles. The van der Waals surface area contributed by atoms with E-state index in [9.17, 15) is 22.4 Å². The number of nitrogens with one attached hydrogen (secondary N) is 1. The zero-order valence-corrected chi connectivity index (χ0v) is 22.5. The van der Waals surface area contributed by atoms with Crippen LogP contribution >= 0.6 is 0 Å². The average Bonchev–Trinajstić information content (AvgIpc) is 2.89. The number of amides is 2. The minimum atomic E-state index is -3.94. The Labute approximate surface area is 224 Å². The zero-order valence-electron chi connectivity index (χ0n) is 21.7. The van der Waals surface area contributed by atoms with Gasteiger partial charge >= 0.3 is 0 Å². The maximum atomic E-state index is 14.0. The lowest BCUT2D eigenvalue weighted by Crippen LogP contribution is -2.53. The topological polar surface area (TPSA) is 86.8 Å². The largest absolute Gasteiger partial charge is 0.354 e. The maximum absolute atomic E-state index is 14.0. The van der Waals surface area contributed by atoms with Crippen LogP contribution in [0.1, 0.15) is 30.9 Å². The second kappa shape index (κ2) is 13.7. The van der Waals surface area contributed by atoms with Crippen molar-refractivity contribution in [3.05, 3.63) is 102 Å². The van der Waals surface area contributed by atoms with Crippen molar-refractivity contribution in [3.63, 3.8) is 0 Å². The molecule has 3 rings (SSSR count). The zero-order chi connectivity index (χ0) is 27.5. The van der Waals surface area contributed by atoms with Crippen LogP contribution in [0.25, 0.3) is 0 Å². The van der Waals surface area contributed by atoms with Crippen LogP contribution in [0, 0.1) is 5.82 Å². The number of sulfonamides is 1. The third kappa shape index (κ3) is 8.41. The molecule has 7 nitrogen and oxygen atoms in total. The van der Waals surface area contributed by atoms with E-state index in [-0.39, 0.29) is 24.6 Å². The first-order valence-corrected chi connectivity index (χ1v) is 14.4. The molecular formula is C29H34FN3O4S. The highest BCUT2D eigenvalue weighted by atomic mass is 32.2. The molecule has 0 bridgehead atoms. The molecular weight excluding hydrogens is 505 g/mol. The van der Waals surface area contributed by atoms with Gasteiger partial charge in [-0.15, -0.1) is 0 Å². The summed E-state index contributed by atoms with van der Waals surface area (Å²) in [4.78, 5) is 28.8. The Hall–Kier alpha value is -3.72. The molecule has 1 atom stereocenters. The fourth-order valence-electron chi connectivity index (χ4n) is 4.09. The van der Waals surface area contributed by atoms with Crippen molar-refractivity contribution in [2.24, 2.45) is 0 Å². The minimum absolute atomic E-state index is 0.0347. The van der Waals surface area contributed by atoms with E-state index in [0.717, 1.165) is 40.6 Å². The van der Waals surface area contributed by atoms with Gasteiger partial charge in [0.1, 0.15) is 18.4 Å². The molecule has 3 aromatic carbocycles. The highest BCUT2D eigenvalue weighted by molar-refractivity contribution is 7.92. The fraction of sp³-hybridized carbons (Fsp3) is 0.310. The summed E-state index contributed by atoms with van der Waals surface area (Å²) in [5, 5.41) is 2.93. The molecule has 3 aromatic rings. The van der Waals surface area contributed by atoms with Crippen molar-refractivity contribution in [3.8, 4) is 0 Å². The lowest BCUT2D eigenvalue weighted by Gasteiger charge is -2.33. The maximum Gasteiger partial charge on any atom is 0.244 e. The van der Waals surface area contributed by atoms with E-state index in [0.29, 0.717) is 6.54 Å². The highest BCUT2D eigenvalue weighted by Crippen LogP contribution is 2.21. The molecule has 0 aliphatic heterocycles. The second-order valence-corrected chi connectivity index (χ2v) is 11.0. The van der Waals surface area contributed by atoms with Gasteiger partial charge in [-0.25, -0.2) is 12.8 Å². The van der Waals surface area contributed by atoms with Crippen LogP contribution in [-0.2, 0) is 32.6 Å². The van der Waals surface area contributed by atoms with Gasteiger partial charge in [-0.2, -0.15) is 0 Å². The molecule has 0 unspecified atom stereocenters. The number of benzene rings is 3. The van der Waals surface area contributed by atoms with Crippen molar-refractivity contribution in [1.29, 1.82) is 0 Å². The number of hydrogen-bond acceptors (Lipinski definition) is 4. The Kier molecular flexibility index (Phi) is 10.4. The van der Waals surface area contributed by atoms with Crippen molar-refractivity contribution < 1.29 is 22.4 Å². The van der Waals surface area contributed by atoms with Crippen molar-refractivity contribution in [2.75, 3.05) is 23.7 Å². The molecule has 0 heterocycles. The first-order valence-electron chi connectivity index (χ1n) is 12.6. The predicted molar refractivity (Wildman–Crippen MR) is 147 cm³/mol. The summed E-state index contributed by atoms with van der Waals surface area (Å²) in [5.74, 6) is -1.51. The third-order valence-electron chi connectivity index (χ3n) is 6.07. The van der Waals surface area contributed by atoms with Gasteiger partial charge < -0.3 is 10.2 Å². The number of carbonyl (C=O) groups is 2. The van der Waals surface area contributed by atoms with Gasteiger partial charge in [-0.3, -0.25) is 13.9 Å². The molecule has 0 saturated carbocycles. The predicted octanol–water partition coefficient (Wildman–Crippen LogP) is 4.15. The number of unbranched alkanes of at least 4 members (excludes halogenated alkanes) is 1. The van der Waals surface area contributed by atoms with Gasteiger partial charge in [-0.05, 0) is 35.7 Å². The molecule has 0 saturated heterocycles. The summed E-state index contributed by atoms with van der Waals surface area (Å²) in [6, 6.07) is 22.7. The van der Waals surface area contributed by atoms with Crippen molar-refractivity contribution in [2.45, 2.75) is 38.8 Å². The van der Waals surface area contributed by atoms with Crippen LogP contribution in [0.4, 0.5) is 10.1 Å². The Balaban J connectivity index is 2.01. The summed E-state index contributed by atoms with van der Waals surface area (Å²) in [5.41, 5.74) is 1.68. The average molecular weight is 540 g/mol. The van der Waals surface area contributed by atoms with Crippen molar-refractivity contribution >= 4 is 27.5 Å². The van der Waals surface area contributed by atoms with Crippen LogP contribution in [0.2, 0.25) is 0 Å². The van der Waals surface area contributed by atoms with Gasteiger partial charge in [0.2, 0.25) is 21.8 Å². The number of carbonyl (C=O) groups excluding carboxylic acids is 2. The van der Waals surface area contributed by atoms with E-state index in [1.807, 2.05) is 67.6 Å². The number of halogens is 1. The number of nitrogens with zero attached hydrogens (tertiary/aromatic N) is 2. The molecule has 38 heavy (non-hydrogen) atoms. The summed E-state index contributed by atoms with van der Waals surface area (Å²) in [6.45, 7) is 2.00. The molecule has 0 radical (unpaired) electrons. The normalized spacial score (nSPS) is 12.0. The van der Waals surface area contributed by atoms with Crippen LogP contribution in [-0.4, -0.2) is 50.5 Å². The summed E-state index contributed by atoms with van der Waals surface area (Å²) in [7, 11) is -3.94. The van der Waals surface area contributed by atoms with E-state index in [1.54, 1.807) is 0 Å². The SMILES string of the molecule is CCCCNC(=O)[C@H](Cc1ccccc1)N(Cc1ccccc1)C(=O)CN(c1cccc(F)c1)S(C)(=O)=O. The van der Waals surface area contributed by atoms with E-state index >= 15 is 0 Å². The standard InChI is InChI=1S/C29H34FN3O4S/c1-3-4-18-31-29(35)27(19-23-12-7-5-8-13-23)32(21-24-14-9-6-10-15-24)28(34)22-33(38(2,36)37)26-17-11-16-25(30)20-26/h5-17,20,27H,3-4,18-19,21-22H2,1-2H3,(H,31,35)/t27-/m0/s1. The Morgan fingerprint density at radius 2 is 1.55 bits per heavy atom. The minimum Gasteiger partial charge on any atom is -0.354 e. The lowest BCUT2D eigenvalue weighted by atomic mass is 10.0. The number of hydrogen-bond donors (Lipinski definition) is 1. The first kappa shape index (κ1) is 28.8. The smallest absolute Gasteiger partial charge is 0.244 e. The molecule has 202 valence electrons. The van der Waals surface area contributed by atoms with Crippen LogP contribution < -0.4 is 9.62 Å². The molecule has 9 heteroatoms. The summed E-state index contributed by atoms with van der Waals surface area (Å²) >= 11 is 0. The second-order valence-electron chi connectivity index (χ2n) is 9.11. The monoisotopic (exact) mass is 539 g/mol. The van der Waals surface area contributed by atoms with Gasteiger partial charge in [0.15, 0.2) is 0 Å². The molecule has 1 N–H and O–H groups in total. The van der Waals surface area contributed by atoms with Gasteiger partial charge in [-0.1, -0.05) is 80.1 Å². The Morgan fingerprint density at radius 1 is 0.921 bits per heavy atom. The Bertz CT molecular complexity index is 1300. The molecule has 0 aliphatic carbocycles. The van der Waals surface area contributed by atoms with E-state index < -0.39 is 34.3 Å². The van der Waals surface area contributed by atoms with E-state index in [2.05, 4.69) is 5.32 Å². The number of anilines is 1. The van der Waals surface area contributed by atoms with Crippen LogP contribution in [0.3, 0.4) is 0 Å². The fourth-order valence-corrected chi connectivity index (χ4v) is 4.93. The van der Waals surface area contributed by atoms with E-state index in [1.165, 1.54) is 23.1 Å². The summed E-state index contributed by atoms with van der Waals surface area (Å²) in [6.07, 6.45) is 2.90. The third-order valence-corrected chi connectivity index (χ3v) is 7.21. The lowest BCUT2D eigenvalue weighted by molar-refractivity contribution is -0.140. The molecule has 0 spiro atoms. The number of rotatable bonds is 13. The molecule has 0 fully saturated rings. The van der Waals surface area contributed by atoms with E-state index in [4.69, 9.17) is 0 Å². The quantitative estimate of drug-likeness (QED) is 0.331. The molecule has 2 amide bonds. The van der Waals surface area contributed by atoms with Gasteiger partial charge in [0, 0.05) is 19.5 Å². The first-order chi connectivity index (χ1) is 18.2. The summed E-state index contributed by atoms with van der Waals surface area (Å²) < 4.78 is 40.2. The van der Waals surface area contributed by atoms with Gasteiger partial charge in [0.25, 0.3) is 0 Å². The van der Waals surface area contributed by atoms with Crippen LogP contribution in [0.15, 0.2) is 84.9 Å². The Morgan fingerprint density at radius 3 is 2.13 bits per heavy atom. The highest BCUT2D eigenvalue weighted by Gasteiger charge is 2.33. The van der Waals surface area contributed by atoms with Gasteiger partial charge in [0.05, 0.1) is 11.9 Å². The van der Waals surface area contributed by atoms with Crippen LogP contribution in [0.5, 0.6) is 0 Å².